The van der Waals surface area contributed by atoms with Gasteiger partial charge < -0.3 is 9.84 Å². The number of rotatable bonds is 6. The second-order valence-electron chi connectivity index (χ2n) is 6.36. The van der Waals surface area contributed by atoms with E-state index in [2.05, 4.69) is 10.5 Å². The highest BCUT2D eigenvalue weighted by molar-refractivity contribution is 5.91. The molecule has 1 amide bonds. The van der Waals surface area contributed by atoms with Crippen molar-refractivity contribution in [2.24, 2.45) is 5.10 Å². The van der Waals surface area contributed by atoms with Crippen LogP contribution in [0.25, 0.3) is 0 Å². The van der Waals surface area contributed by atoms with E-state index in [1.165, 1.54) is 0 Å². The number of hydrogen-bond donors (Lipinski definition) is 2. The van der Waals surface area contributed by atoms with Crippen molar-refractivity contribution >= 4 is 12.1 Å². The van der Waals surface area contributed by atoms with Gasteiger partial charge in [0.1, 0.15) is 5.75 Å². The second-order valence-corrected chi connectivity index (χ2v) is 6.36. The number of hydrazone groups is 1. The third-order valence-electron chi connectivity index (χ3n) is 4.56. The van der Waals surface area contributed by atoms with E-state index < -0.39 is 11.5 Å². The van der Waals surface area contributed by atoms with Crippen molar-refractivity contribution in [2.45, 2.75) is 12.5 Å². The van der Waals surface area contributed by atoms with Crippen LogP contribution in [0, 0.1) is 6.92 Å². The van der Waals surface area contributed by atoms with Crippen molar-refractivity contribution in [3.8, 4) is 5.75 Å². The monoisotopic (exact) mass is 374 g/mol. The number of nitrogens with one attached hydrogen (secondary N) is 1. The standard InChI is InChI=1S/C23H22N2O3/c1-17-15-21(28-2)14-13-18(17)16-24-25-22(26)23(27,19-9-5-3-6-10-19)20-11-7-4-8-12-20/h3-16,27H,1-2H3,(H,25,26). The lowest BCUT2D eigenvalue weighted by atomic mass is 9.85. The molecule has 0 saturated carbocycles. The van der Waals surface area contributed by atoms with E-state index in [0.29, 0.717) is 11.1 Å². The van der Waals surface area contributed by atoms with Gasteiger partial charge in [-0.25, -0.2) is 5.43 Å². The van der Waals surface area contributed by atoms with Crippen molar-refractivity contribution < 1.29 is 14.6 Å². The van der Waals surface area contributed by atoms with Crippen LogP contribution in [0.5, 0.6) is 5.75 Å². The van der Waals surface area contributed by atoms with Crippen LogP contribution in [0.3, 0.4) is 0 Å². The molecule has 0 aliphatic rings. The molecule has 0 fully saturated rings. The summed E-state index contributed by atoms with van der Waals surface area (Å²) in [7, 11) is 1.61. The van der Waals surface area contributed by atoms with E-state index in [1.54, 1.807) is 61.9 Å². The summed E-state index contributed by atoms with van der Waals surface area (Å²) in [5, 5.41) is 15.4. The van der Waals surface area contributed by atoms with Crippen LogP contribution in [0.2, 0.25) is 0 Å². The molecule has 2 N–H and O–H groups in total. The summed E-state index contributed by atoms with van der Waals surface area (Å²) in [4.78, 5) is 12.9. The molecule has 0 heterocycles. The van der Waals surface area contributed by atoms with E-state index in [9.17, 15) is 9.90 Å². The van der Waals surface area contributed by atoms with E-state index in [1.807, 2.05) is 37.3 Å². The minimum Gasteiger partial charge on any atom is -0.497 e. The quantitative estimate of drug-likeness (QED) is 0.513. The maximum absolute atomic E-state index is 12.9. The van der Waals surface area contributed by atoms with Crippen molar-refractivity contribution in [1.29, 1.82) is 0 Å². The van der Waals surface area contributed by atoms with Gasteiger partial charge in [-0.3, -0.25) is 4.79 Å². The van der Waals surface area contributed by atoms with E-state index in [-0.39, 0.29) is 0 Å². The third-order valence-corrected chi connectivity index (χ3v) is 4.56. The Morgan fingerprint density at radius 2 is 1.57 bits per heavy atom. The number of amides is 1. The summed E-state index contributed by atoms with van der Waals surface area (Å²) in [6, 6.07) is 23.2. The maximum atomic E-state index is 12.9. The van der Waals surface area contributed by atoms with Crippen molar-refractivity contribution in [2.75, 3.05) is 7.11 Å². The van der Waals surface area contributed by atoms with Crippen LogP contribution < -0.4 is 10.2 Å². The molecule has 3 aromatic rings. The second kappa shape index (κ2) is 8.50. The molecule has 0 radical (unpaired) electrons. The molecule has 0 bridgehead atoms. The van der Waals surface area contributed by atoms with Crippen molar-refractivity contribution in [1.82, 2.24) is 5.43 Å². The predicted molar refractivity (Wildman–Crippen MR) is 109 cm³/mol. The number of methoxy groups -OCH3 is 1. The number of benzene rings is 3. The highest BCUT2D eigenvalue weighted by Crippen LogP contribution is 2.29. The van der Waals surface area contributed by atoms with Crippen LogP contribution in [-0.4, -0.2) is 24.3 Å². The first kappa shape index (κ1) is 19.3. The molecule has 5 nitrogen and oxygen atoms in total. The van der Waals surface area contributed by atoms with Gasteiger partial charge in [-0.1, -0.05) is 60.7 Å². The minimum atomic E-state index is -1.85. The highest BCUT2D eigenvalue weighted by atomic mass is 16.5. The number of ether oxygens (including phenoxy) is 1. The van der Waals surface area contributed by atoms with Crippen LogP contribution in [0.15, 0.2) is 84.0 Å². The lowest BCUT2D eigenvalue weighted by molar-refractivity contribution is -0.136. The number of nitrogens with zero attached hydrogens (tertiary/aromatic N) is 1. The molecular weight excluding hydrogens is 352 g/mol. The number of aliphatic hydroxyl groups is 1. The Kier molecular flexibility index (Phi) is 5.87. The summed E-state index contributed by atoms with van der Waals surface area (Å²) >= 11 is 0. The topological polar surface area (TPSA) is 70.9 Å². The van der Waals surface area contributed by atoms with Gasteiger partial charge in [-0.05, 0) is 47.4 Å². The van der Waals surface area contributed by atoms with Crippen molar-refractivity contribution in [3.63, 3.8) is 0 Å². The summed E-state index contributed by atoms with van der Waals surface area (Å²) in [5.74, 6) is 0.119. The molecule has 0 spiro atoms. The van der Waals surface area contributed by atoms with Gasteiger partial charge in [0.2, 0.25) is 0 Å². The number of aryl methyl sites for hydroxylation is 1. The van der Waals surface area contributed by atoms with Gasteiger partial charge in [0.25, 0.3) is 5.91 Å². The van der Waals surface area contributed by atoms with Crippen LogP contribution in [0.1, 0.15) is 22.3 Å². The van der Waals surface area contributed by atoms with E-state index in [0.717, 1.165) is 16.9 Å². The number of carbonyl (C=O) groups excluding carboxylic acids is 1. The Morgan fingerprint density at radius 1 is 1.00 bits per heavy atom. The van der Waals surface area contributed by atoms with Gasteiger partial charge in [-0.2, -0.15) is 5.10 Å². The molecule has 0 aromatic heterocycles. The minimum absolute atomic E-state index is 0.467. The fraction of sp³-hybridized carbons (Fsp3) is 0.130. The summed E-state index contributed by atoms with van der Waals surface area (Å²) in [5.41, 5.74) is 3.35. The lowest BCUT2D eigenvalue weighted by Crippen LogP contribution is -2.43. The predicted octanol–water partition coefficient (Wildman–Crippen LogP) is 3.39. The average molecular weight is 374 g/mol. The smallest absolute Gasteiger partial charge is 0.281 e. The van der Waals surface area contributed by atoms with Gasteiger partial charge in [0.05, 0.1) is 13.3 Å². The molecule has 0 atom stereocenters. The molecule has 0 saturated heterocycles. The summed E-state index contributed by atoms with van der Waals surface area (Å²) < 4.78 is 5.19. The molecule has 3 aromatic carbocycles. The Labute approximate surface area is 164 Å². The van der Waals surface area contributed by atoms with Gasteiger partial charge in [-0.15, -0.1) is 0 Å². The third kappa shape index (κ3) is 3.94. The maximum Gasteiger partial charge on any atom is 0.281 e. The normalized spacial score (nSPS) is 11.4. The van der Waals surface area contributed by atoms with Crippen LogP contribution in [-0.2, 0) is 10.4 Å². The van der Waals surface area contributed by atoms with Crippen LogP contribution in [0.4, 0.5) is 0 Å². The van der Waals surface area contributed by atoms with Gasteiger partial charge >= 0.3 is 0 Å². The van der Waals surface area contributed by atoms with E-state index in [4.69, 9.17) is 4.74 Å². The molecule has 142 valence electrons. The first-order chi connectivity index (χ1) is 13.6. The van der Waals surface area contributed by atoms with Crippen molar-refractivity contribution in [3.05, 3.63) is 101 Å². The number of hydrogen-bond acceptors (Lipinski definition) is 4. The van der Waals surface area contributed by atoms with Gasteiger partial charge in [0, 0.05) is 0 Å². The fourth-order valence-corrected chi connectivity index (χ4v) is 2.95. The van der Waals surface area contributed by atoms with Gasteiger partial charge in [0.15, 0.2) is 5.60 Å². The number of carbonyl (C=O) groups is 1. The Morgan fingerprint density at radius 3 is 2.07 bits per heavy atom. The summed E-state index contributed by atoms with van der Waals surface area (Å²) in [6.45, 7) is 1.93. The van der Waals surface area contributed by atoms with Crippen LogP contribution >= 0.6 is 0 Å². The fourth-order valence-electron chi connectivity index (χ4n) is 2.95. The largest absolute Gasteiger partial charge is 0.497 e. The zero-order chi connectivity index (χ0) is 20.0. The summed E-state index contributed by atoms with van der Waals surface area (Å²) in [6.07, 6.45) is 1.54. The molecule has 0 aliphatic heterocycles. The average Bonchev–Trinajstić information content (AvgIpc) is 2.75. The molecule has 0 unspecified atom stereocenters. The zero-order valence-corrected chi connectivity index (χ0v) is 15.8. The molecular formula is C23H22N2O3. The van der Waals surface area contributed by atoms with E-state index >= 15 is 0 Å². The molecule has 5 heteroatoms. The lowest BCUT2D eigenvalue weighted by Gasteiger charge is -2.27. The Balaban J connectivity index is 1.87. The zero-order valence-electron chi connectivity index (χ0n) is 15.8. The molecule has 0 aliphatic carbocycles. The Hall–Kier alpha value is -3.44. The Bertz CT molecular complexity index is 930. The first-order valence-electron chi connectivity index (χ1n) is 8.87. The first-order valence-corrected chi connectivity index (χ1v) is 8.87. The molecule has 28 heavy (non-hydrogen) atoms. The SMILES string of the molecule is COc1ccc(C=NNC(=O)C(O)(c2ccccc2)c2ccccc2)c(C)c1. The highest BCUT2D eigenvalue weighted by Gasteiger charge is 2.39. The molecule has 3 rings (SSSR count).